The molecule has 3 rings (SSSR count). The van der Waals surface area contributed by atoms with Crippen molar-refractivity contribution in [2.24, 2.45) is 4.99 Å². The van der Waals surface area contributed by atoms with E-state index in [0.29, 0.717) is 38.1 Å². The normalized spacial score (nSPS) is 16.0. The number of nitrogens with zero attached hydrogens (tertiary/aromatic N) is 2. The van der Waals surface area contributed by atoms with Crippen LogP contribution >= 0.6 is 27.7 Å². The minimum absolute atomic E-state index is 0.151. The minimum atomic E-state index is -1.09. The topological polar surface area (TPSA) is 97.7 Å². The van der Waals surface area contributed by atoms with Gasteiger partial charge in [0.25, 0.3) is 5.91 Å². The number of carboxylic acid groups (broad SMARTS) is 1. The molecular formula is C22H21BrN2O6S. The maximum Gasteiger partial charge on any atom is 0.341 e. The molecule has 10 heteroatoms. The molecule has 1 aliphatic heterocycles. The highest BCUT2D eigenvalue weighted by molar-refractivity contribution is 9.10. The molecule has 8 nitrogen and oxygen atoms in total. The number of rotatable bonds is 8. The largest absolute Gasteiger partial charge is 0.497 e. The molecule has 1 fully saturated rings. The van der Waals surface area contributed by atoms with E-state index in [1.807, 2.05) is 31.2 Å². The molecule has 1 aliphatic rings. The van der Waals surface area contributed by atoms with Gasteiger partial charge >= 0.3 is 5.97 Å². The highest BCUT2D eigenvalue weighted by atomic mass is 79.9. The fourth-order valence-electron chi connectivity index (χ4n) is 2.85. The van der Waals surface area contributed by atoms with Crippen molar-refractivity contribution in [2.75, 3.05) is 27.4 Å². The maximum atomic E-state index is 13.0. The van der Waals surface area contributed by atoms with E-state index < -0.39 is 12.6 Å². The van der Waals surface area contributed by atoms with Crippen LogP contribution in [0.4, 0.5) is 5.69 Å². The molecule has 1 saturated heterocycles. The number of carbonyl (C=O) groups is 2. The zero-order chi connectivity index (χ0) is 23.3. The molecule has 2 aromatic carbocycles. The number of hydrogen-bond donors (Lipinski definition) is 1. The molecule has 0 unspecified atom stereocenters. The Kier molecular flexibility index (Phi) is 7.81. The maximum absolute atomic E-state index is 13.0. The molecule has 1 amide bonds. The van der Waals surface area contributed by atoms with Crippen LogP contribution < -0.4 is 14.2 Å². The van der Waals surface area contributed by atoms with Gasteiger partial charge < -0.3 is 19.3 Å². The van der Waals surface area contributed by atoms with E-state index in [1.165, 1.54) is 18.9 Å². The van der Waals surface area contributed by atoms with Crippen LogP contribution in [-0.2, 0) is 9.59 Å². The molecule has 0 atom stereocenters. The fourth-order valence-corrected chi connectivity index (χ4v) is 4.34. The first-order valence-corrected chi connectivity index (χ1v) is 11.1. The monoisotopic (exact) mass is 520 g/mol. The molecule has 0 radical (unpaired) electrons. The number of hydrogen-bond acceptors (Lipinski definition) is 7. The van der Waals surface area contributed by atoms with Crippen LogP contribution in [0.3, 0.4) is 0 Å². The third-order valence-corrected chi connectivity index (χ3v) is 6.12. The van der Waals surface area contributed by atoms with Crippen molar-refractivity contribution in [3.8, 4) is 17.2 Å². The number of benzene rings is 2. The number of methoxy groups -OCH3 is 2. The van der Waals surface area contributed by atoms with Crippen LogP contribution in [0.5, 0.6) is 17.2 Å². The molecule has 0 aromatic heterocycles. The van der Waals surface area contributed by atoms with E-state index in [1.54, 1.807) is 30.2 Å². The van der Waals surface area contributed by atoms with Crippen LogP contribution in [0.15, 0.2) is 50.8 Å². The summed E-state index contributed by atoms with van der Waals surface area (Å²) in [5.74, 6) is 0.126. The van der Waals surface area contributed by atoms with Crippen molar-refractivity contribution in [1.29, 1.82) is 0 Å². The second-order valence-corrected chi connectivity index (χ2v) is 8.32. The first-order chi connectivity index (χ1) is 15.4. The lowest BCUT2D eigenvalue weighted by Gasteiger charge is -2.12. The Balaban J connectivity index is 1.91. The molecule has 1 heterocycles. The summed E-state index contributed by atoms with van der Waals surface area (Å²) in [4.78, 5) is 30.5. The van der Waals surface area contributed by atoms with E-state index in [0.717, 1.165) is 5.75 Å². The standard InChI is InChI=1S/C22H21BrN2O6S/c1-4-25-21(28)19(32-22(25)24-14-5-7-15(29-2)8-6-14)10-13-9-17(30-3)18(11-16(13)23)31-12-20(26)27/h5-11H,4,12H2,1-3H3,(H,26,27). The van der Waals surface area contributed by atoms with Gasteiger partial charge in [-0.3, -0.25) is 9.69 Å². The lowest BCUT2D eigenvalue weighted by molar-refractivity contribution is -0.139. The average molecular weight is 521 g/mol. The highest BCUT2D eigenvalue weighted by Gasteiger charge is 2.32. The Hall–Kier alpha value is -2.98. The summed E-state index contributed by atoms with van der Waals surface area (Å²) in [5, 5.41) is 9.42. The second-order valence-electron chi connectivity index (χ2n) is 6.46. The SMILES string of the molecule is CCN1C(=O)C(=Cc2cc(OC)c(OCC(=O)O)cc2Br)SC1=Nc1ccc(OC)cc1. The predicted octanol–water partition coefficient (Wildman–Crippen LogP) is 4.55. The summed E-state index contributed by atoms with van der Waals surface area (Å²) < 4.78 is 16.4. The molecule has 0 aliphatic carbocycles. The van der Waals surface area contributed by atoms with E-state index in [2.05, 4.69) is 20.9 Å². The molecule has 168 valence electrons. The molecule has 0 saturated carbocycles. The fraction of sp³-hybridized carbons (Fsp3) is 0.227. The molecule has 1 N–H and O–H groups in total. The Morgan fingerprint density at radius 1 is 1.19 bits per heavy atom. The zero-order valence-electron chi connectivity index (χ0n) is 17.6. The van der Waals surface area contributed by atoms with Gasteiger partial charge in [-0.15, -0.1) is 0 Å². The molecule has 0 spiro atoms. The van der Waals surface area contributed by atoms with Gasteiger partial charge in [-0.25, -0.2) is 9.79 Å². The van der Waals surface area contributed by atoms with E-state index >= 15 is 0 Å². The summed E-state index contributed by atoms with van der Waals surface area (Å²) in [5.41, 5.74) is 1.39. The van der Waals surface area contributed by atoms with Crippen molar-refractivity contribution in [1.82, 2.24) is 4.90 Å². The summed E-state index contributed by atoms with van der Waals surface area (Å²) in [7, 11) is 3.06. The highest BCUT2D eigenvalue weighted by Crippen LogP contribution is 2.38. The molecule has 0 bridgehead atoms. The number of aliphatic carboxylic acids is 1. The average Bonchev–Trinajstić information content (AvgIpc) is 3.07. The first kappa shape index (κ1) is 23.7. The van der Waals surface area contributed by atoms with Gasteiger partial charge in [-0.1, -0.05) is 15.9 Å². The van der Waals surface area contributed by atoms with Gasteiger partial charge in [0.05, 0.1) is 24.8 Å². The van der Waals surface area contributed by atoms with Crippen LogP contribution in [0.25, 0.3) is 6.08 Å². The smallest absolute Gasteiger partial charge is 0.341 e. The van der Waals surface area contributed by atoms with Crippen molar-refractivity contribution in [2.45, 2.75) is 6.92 Å². The van der Waals surface area contributed by atoms with Crippen molar-refractivity contribution >= 4 is 56.5 Å². The van der Waals surface area contributed by atoms with Crippen molar-refractivity contribution in [3.05, 3.63) is 51.3 Å². The number of carboxylic acids is 1. The second kappa shape index (κ2) is 10.6. The molecule has 2 aromatic rings. The number of amidine groups is 1. The number of halogens is 1. The lowest BCUT2D eigenvalue weighted by atomic mass is 10.2. The van der Waals surface area contributed by atoms with Crippen molar-refractivity contribution < 1.29 is 28.9 Å². The van der Waals surface area contributed by atoms with Crippen LogP contribution in [0.2, 0.25) is 0 Å². The van der Waals surface area contributed by atoms with Gasteiger partial charge in [-0.05, 0) is 66.7 Å². The number of carbonyl (C=O) groups excluding carboxylic acids is 1. The Labute approximate surface area is 198 Å². The van der Waals surface area contributed by atoms with Crippen LogP contribution in [0, 0.1) is 0 Å². The number of likely N-dealkylation sites (N-methyl/N-ethyl adjacent to an activating group) is 1. The zero-order valence-corrected chi connectivity index (χ0v) is 20.0. The van der Waals surface area contributed by atoms with Gasteiger partial charge in [0.2, 0.25) is 0 Å². The van der Waals surface area contributed by atoms with Gasteiger partial charge in [0, 0.05) is 11.0 Å². The molecule has 32 heavy (non-hydrogen) atoms. The van der Waals surface area contributed by atoms with Crippen molar-refractivity contribution in [3.63, 3.8) is 0 Å². The van der Waals surface area contributed by atoms with Crippen LogP contribution in [0.1, 0.15) is 12.5 Å². The summed E-state index contributed by atoms with van der Waals surface area (Å²) in [6, 6.07) is 10.6. The number of amides is 1. The number of ether oxygens (including phenoxy) is 3. The third-order valence-electron chi connectivity index (χ3n) is 4.42. The summed E-state index contributed by atoms with van der Waals surface area (Å²) in [6.07, 6.45) is 1.74. The first-order valence-electron chi connectivity index (χ1n) is 9.52. The predicted molar refractivity (Wildman–Crippen MR) is 127 cm³/mol. The third kappa shape index (κ3) is 5.43. The quantitative estimate of drug-likeness (QED) is 0.509. The minimum Gasteiger partial charge on any atom is -0.497 e. The lowest BCUT2D eigenvalue weighted by Crippen LogP contribution is -2.28. The molecular weight excluding hydrogens is 500 g/mol. The Morgan fingerprint density at radius 3 is 2.50 bits per heavy atom. The van der Waals surface area contributed by atoms with Crippen LogP contribution in [-0.4, -0.2) is 54.4 Å². The summed E-state index contributed by atoms with van der Waals surface area (Å²) in [6.45, 7) is 1.87. The Bertz CT molecular complexity index is 1080. The van der Waals surface area contributed by atoms with Gasteiger partial charge in [0.1, 0.15) is 5.75 Å². The van der Waals surface area contributed by atoms with Gasteiger partial charge in [0.15, 0.2) is 23.3 Å². The van der Waals surface area contributed by atoms with E-state index in [9.17, 15) is 9.59 Å². The van der Waals surface area contributed by atoms with E-state index in [-0.39, 0.29) is 11.7 Å². The van der Waals surface area contributed by atoms with Gasteiger partial charge in [-0.2, -0.15) is 0 Å². The Morgan fingerprint density at radius 2 is 1.91 bits per heavy atom. The van der Waals surface area contributed by atoms with E-state index in [4.69, 9.17) is 19.3 Å². The number of aliphatic imine (C=N–C) groups is 1. The summed E-state index contributed by atoms with van der Waals surface area (Å²) >= 11 is 4.73. The number of thioether (sulfide) groups is 1.